The van der Waals surface area contributed by atoms with Crippen LogP contribution >= 0.6 is 0 Å². The molecule has 2 unspecified atom stereocenters. The molecule has 3 heterocycles. The van der Waals surface area contributed by atoms with Gasteiger partial charge in [-0.2, -0.15) is 0 Å². The van der Waals surface area contributed by atoms with Crippen LogP contribution in [0.3, 0.4) is 0 Å². The lowest BCUT2D eigenvalue weighted by Gasteiger charge is -2.35. The van der Waals surface area contributed by atoms with E-state index in [-0.39, 0.29) is 23.3 Å². The maximum absolute atomic E-state index is 12.0. The summed E-state index contributed by atoms with van der Waals surface area (Å²) in [6.07, 6.45) is 5.35. The zero-order valence-electron chi connectivity index (χ0n) is 9.70. The van der Waals surface area contributed by atoms with Crippen molar-refractivity contribution in [3.05, 3.63) is 18.2 Å². The molecule has 94 valence electrons. The van der Waals surface area contributed by atoms with E-state index in [9.17, 15) is 13.5 Å². The predicted octanol–water partition coefficient (Wildman–Crippen LogP) is 0.347. The fraction of sp³-hybridized carbons (Fsp3) is 0.727. The number of hydrogen-bond acceptors (Lipinski definition) is 4. The number of sulfone groups is 1. The van der Waals surface area contributed by atoms with Crippen LogP contribution in [0.5, 0.6) is 0 Å². The van der Waals surface area contributed by atoms with Gasteiger partial charge in [0.1, 0.15) is 11.4 Å². The molecule has 1 aromatic heterocycles. The number of nitrogens with zero attached hydrogens (tertiary/aromatic N) is 2. The van der Waals surface area contributed by atoms with Crippen LogP contribution < -0.4 is 0 Å². The quantitative estimate of drug-likeness (QED) is 0.787. The number of rotatable bonds is 1. The summed E-state index contributed by atoms with van der Waals surface area (Å²) in [5, 5.41) is 9.91. The average Bonchev–Trinajstić information content (AvgIpc) is 2.69. The van der Waals surface area contributed by atoms with Crippen LogP contribution in [0.4, 0.5) is 0 Å². The smallest absolute Gasteiger partial charge is 0.156 e. The summed E-state index contributed by atoms with van der Waals surface area (Å²) in [5.74, 6) is 0.587. The molecule has 0 spiro atoms. The topological polar surface area (TPSA) is 72.2 Å². The lowest BCUT2D eigenvalue weighted by Crippen LogP contribution is -2.44. The number of hydrogen-bond donors (Lipinski definition) is 1. The lowest BCUT2D eigenvalue weighted by atomic mass is 9.92. The summed E-state index contributed by atoms with van der Waals surface area (Å²) in [6, 6.07) is 0. The van der Waals surface area contributed by atoms with E-state index in [1.54, 1.807) is 17.0 Å². The van der Waals surface area contributed by atoms with Gasteiger partial charge in [-0.1, -0.05) is 0 Å². The van der Waals surface area contributed by atoms with E-state index < -0.39 is 15.4 Å². The van der Waals surface area contributed by atoms with Gasteiger partial charge in [-0.3, -0.25) is 0 Å². The normalized spacial score (nSPS) is 39.4. The van der Waals surface area contributed by atoms with Crippen molar-refractivity contribution in [3.8, 4) is 0 Å². The molecule has 2 aliphatic rings. The standard InChI is InChI=1S/C11H16N2O3S/c1-13-5-4-12-10(13)11(14)6-8-2-3-9(7-11)17(8,15)16/h4-5,8-9,14H,2-3,6-7H2,1H3. The highest BCUT2D eigenvalue weighted by molar-refractivity contribution is 7.93. The Morgan fingerprint density at radius 2 is 2.00 bits per heavy atom. The largest absolute Gasteiger partial charge is 0.382 e. The minimum atomic E-state index is -3.00. The zero-order valence-corrected chi connectivity index (χ0v) is 10.5. The van der Waals surface area contributed by atoms with Crippen molar-refractivity contribution in [2.45, 2.75) is 41.8 Å². The Balaban J connectivity index is 2.01. The van der Waals surface area contributed by atoms with Gasteiger partial charge in [0.2, 0.25) is 0 Å². The minimum absolute atomic E-state index is 0.288. The first kappa shape index (κ1) is 11.2. The number of aliphatic hydroxyl groups is 1. The van der Waals surface area contributed by atoms with E-state index in [1.165, 1.54) is 0 Å². The van der Waals surface area contributed by atoms with Crippen LogP contribution in [0.2, 0.25) is 0 Å². The second-order valence-corrected chi connectivity index (χ2v) is 7.72. The molecule has 1 N–H and O–H groups in total. The molecule has 3 rings (SSSR count). The summed E-state index contributed by atoms with van der Waals surface area (Å²) in [7, 11) is -1.18. The Hall–Kier alpha value is -0.880. The van der Waals surface area contributed by atoms with Gasteiger partial charge in [-0.15, -0.1) is 0 Å². The van der Waals surface area contributed by atoms with E-state index in [0.717, 1.165) is 0 Å². The first-order chi connectivity index (χ1) is 7.93. The number of aromatic nitrogens is 2. The highest BCUT2D eigenvalue weighted by atomic mass is 32.2. The zero-order chi connectivity index (χ0) is 12.3. The van der Waals surface area contributed by atoms with Crippen molar-refractivity contribution in [2.24, 2.45) is 7.05 Å². The van der Waals surface area contributed by atoms with Gasteiger partial charge < -0.3 is 9.67 Å². The molecule has 2 fully saturated rings. The molecule has 0 aliphatic carbocycles. The molecule has 2 saturated heterocycles. The van der Waals surface area contributed by atoms with Crippen LogP contribution in [-0.2, 0) is 22.5 Å². The van der Waals surface area contributed by atoms with Crippen LogP contribution in [0.25, 0.3) is 0 Å². The van der Waals surface area contributed by atoms with Gasteiger partial charge in [0.15, 0.2) is 9.84 Å². The third-order valence-electron chi connectivity index (χ3n) is 4.11. The molecular weight excluding hydrogens is 240 g/mol. The molecule has 6 heteroatoms. The van der Waals surface area contributed by atoms with Crippen molar-refractivity contribution in [3.63, 3.8) is 0 Å². The SMILES string of the molecule is Cn1ccnc1C1(O)CC2CCC(C1)S2(=O)=O. The molecule has 5 nitrogen and oxygen atoms in total. The summed E-state index contributed by atoms with van der Waals surface area (Å²) in [6.45, 7) is 0. The molecule has 2 aliphatic heterocycles. The van der Waals surface area contributed by atoms with Crippen molar-refractivity contribution >= 4 is 9.84 Å². The second-order valence-electron chi connectivity index (χ2n) is 5.21. The van der Waals surface area contributed by atoms with E-state index in [1.807, 2.05) is 7.05 Å². The molecule has 2 bridgehead atoms. The highest BCUT2D eigenvalue weighted by Crippen LogP contribution is 2.46. The van der Waals surface area contributed by atoms with Crippen molar-refractivity contribution in [2.75, 3.05) is 0 Å². The summed E-state index contributed by atoms with van der Waals surface area (Å²) < 4.78 is 25.7. The third-order valence-corrected chi connectivity index (χ3v) is 6.77. The van der Waals surface area contributed by atoms with Crippen molar-refractivity contribution in [1.29, 1.82) is 0 Å². The summed E-state index contributed by atoms with van der Waals surface area (Å²) in [5.41, 5.74) is -1.07. The van der Waals surface area contributed by atoms with Crippen LogP contribution in [0.15, 0.2) is 12.4 Å². The Labute approximate surface area is 100 Å². The number of aryl methyl sites for hydroxylation is 1. The molecule has 0 amide bonds. The van der Waals surface area contributed by atoms with Crippen LogP contribution in [0, 0.1) is 0 Å². The fourth-order valence-electron chi connectivity index (χ4n) is 3.24. The average molecular weight is 256 g/mol. The van der Waals surface area contributed by atoms with Gasteiger partial charge in [-0.25, -0.2) is 13.4 Å². The van der Waals surface area contributed by atoms with Crippen molar-refractivity contribution in [1.82, 2.24) is 9.55 Å². The molecule has 17 heavy (non-hydrogen) atoms. The number of fused-ring (bicyclic) bond motifs is 2. The monoisotopic (exact) mass is 256 g/mol. The van der Waals surface area contributed by atoms with E-state index in [4.69, 9.17) is 0 Å². The Morgan fingerprint density at radius 3 is 2.47 bits per heavy atom. The molecule has 0 radical (unpaired) electrons. The Bertz CT molecular complexity index is 529. The van der Waals surface area contributed by atoms with Gasteiger partial charge in [0.25, 0.3) is 0 Å². The van der Waals surface area contributed by atoms with Crippen LogP contribution in [0.1, 0.15) is 31.5 Å². The highest BCUT2D eigenvalue weighted by Gasteiger charge is 2.54. The van der Waals surface area contributed by atoms with Crippen molar-refractivity contribution < 1.29 is 13.5 Å². The van der Waals surface area contributed by atoms with E-state index in [0.29, 0.717) is 18.7 Å². The molecule has 2 atom stereocenters. The fourth-order valence-corrected chi connectivity index (χ4v) is 5.73. The summed E-state index contributed by atoms with van der Waals surface area (Å²) >= 11 is 0. The van der Waals surface area contributed by atoms with E-state index in [2.05, 4.69) is 4.98 Å². The molecular formula is C11H16N2O3S. The Kier molecular flexibility index (Phi) is 2.19. The minimum Gasteiger partial charge on any atom is -0.382 e. The lowest BCUT2D eigenvalue weighted by molar-refractivity contribution is 0.00610. The molecule has 1 aromatic rings. The first-order valence-electron chi connectivity index (χ1n) is 5.86. The maximum atomic E-state index is 12.0. The second kappa shape index (κ2) is 3.32. The Morgan fingerprint density at radius 1 is 1.41 bits per heavy atom. The third kappa shape index (κ3) is 1.47. The molecule has 0 aromatic carbocycles. The van der Waals surface area contributed by atoms with Gasteiger partial charge in [0, 0.05) is 32.3 Å². The van der Waals surface area contributed by atoms with Gasteiger partial charge in [-0.05, 0) is 12.8 Å². The predicted molar refractivity (Wildman–Crippen MR) is 62.1 cm³/mol. The number of imidazole rings is 1. The maximum Gasteiger partial charge on any atom is 0.156 e. The first-order valence-corrected chi connectivity index (χ1v) is 7.47. The molecule has 0 saturated carbocycles. The van der Waals surface area contributed by atoms with Gasteiger partial charge >= 0.3 is 0 Å². The van der Waals surface area contributed by atoms with E-state index >= 15 is 0 Å². The van der Waals surface area contributed by atoms with Crippen LogP contribution in [-0.4, -0.2) is 33.6 Å². The van der Waals surface area contributed by atoms with Gasteiger partial charge in [0.05, 0.1) is 10.5 Å². The summed E-state index contributed by atoms with van der Waals surface area (Å²) in [4.78, 5) is 4.17.